The summed E-state index contributed by atoms with van der Waals surface area (Å²) < 4.78 is 0. The Morgan fingerprint density at radius 2 is 2.00 bits per heavy atom. The molecule has 3 heteroatoms. The summed E-state index contributed by atoms with van der Waals surface area (Å²) in [5, 5.41) is 4.84. The summed E-state index contributed by atoms with van der Waals surface area (Å²) in [7, 11) is 0. The minimum absolute atomic E-state index is 0.573. The van der Waals surface area contributed by atoms with Crippen LogP contribution in [0.1, 0.15) is 5.56 Å². The molecule has 0 bridgehead atoms. The Kier molecular flexibility index (Phi) is 2.61. The highest BCUT2D eigenvalue weighted by Gasteiger charge is 2.07. The quantitative estimate of drug-likeness (QED) is 0.565. The van der Waals surface area contributed by atoms with Crippen LogP contribution in [0.3, 0.4) is 0 Å². The Balaban J connectivity index is 2.25. The number of hydrogen-bond donors (Lipinski definition) is 0. The molecule has 0 amide bonds. The number of fused-ring (bicyclic) bond motifs is 1. The van der Waals surface area contributed by atoms with Gasteiger partial charge in [-0.2, -0.15) is 0 Å². The molecule has 0 N–H and O–H groups in total. The van der Waals surface area contributed by atoms with Crippen molar-refractivity contribution in [3.05, 3.63) is 52.5 Å². The second-order valence-electron chi connectivity index (χ2n) is 4.01. The lowest BCUT2D eigenvalue weighted by molar-refractivity contribution is 1.37. The molecular weight excluding hydrogens is 250 g/mol. The van der Waals surface area contributed by atoms with Crippen LogP contribution >= 0.6 is 22.9 Å². The number of aryl methyl sites for hydroxylation is 1. The third kappa shape index (κ3) is 1.94. The van der Waals surface area contributed by atoms with Crippen molar-refractivity contribution in [3.63, 3.8) is 0 Å². The second-order valence-corrected chi connectivity index (χ2v) is 5.28. The lowest BCUT2D eigenvalue weighted by atomic mass is 10.1. The molecule has 3 aromatic rings. The summed E-state index contributed by atoms with van der Waals surface area (Å²) in [5.74, 6) is 0. The summed E-state index contributed by atoms with van der Waals surface area (Å²) in [6.45, 7) is 2.09. The van der Waals surface area contributed by atoms with E-state index in [9.17, 15) is 0 Å². The highest BCUT2D eigenvalue weighted by atomic mass is 35.5. The number of nitrogens with zero attached hydrogens (tertiary/aromatic N) is 1. The topological polar surface area (TPSA) is 12.9 Å². The molecule has 84 valence electrons. The van der Waals surface area contributed by atoms with Crippen molar-refractivity contribution in [2.45, 2.75) is 6.92 Å². The minimum Gasteiger partial charge on any atom is -0.235 e. The molecule has 0 fully saturated rings. The molecule has 1 aromatic carbocycles. The van der Waals surface area contributed by atoms with Crippen LogP contribution in [0.5, 0.6) is 0 Å². The Labute approximate surface area is 109 Å². The third-order valence-electron chi connectivity index (χ3n) is 2.68. The molecule has 0 saturated carbocycles. The molecule has 0 spiro atoms. The van der Waals surface area contributed by atoms with Gasteiger partial charge in [0.1, 0.15) is 5.15 Å². The number of halogens is 1. The van der Waals surface area contributed by atoms with Gasteiger partial charge in [0.05, 0.1) is 10.6 Å². The van der Waals surface area contributed by atoms with Gasteiger partial charge in [-0.15, -0.1) is 11.3 Å². The monoisotopic (exact) mass is 259 g/mol. The van der Waals surface area contributed by atoms with Gasteiger partial charge in [-0.25, -0.2) is 4.98 Å². The highest BCUT2D eigenvalue weighted by molar-refractivity contribution is 7.13. The zero-order valence-corrected chi connectivity index (χ0v) is 10.8. The molecule has 0 saturated heterocycles. The molecule has 0 aliphatic heterocycles. The van der Waals surface area contributed by atoms with Gasteiger partial charge >= 0.3 is 0 Å². The van der Waals surface area contributed by atoms with E-state index >= 15 is 0 Å². The number of thiophene rings is 1. The Morgan fingerprint density at radius 1 is 1.18 bits per heavy atom. The summed E-state index contributed by atoms with van der Waals surface area (Å²) in [6, 6.07) is 12.3. The fourth-order valence-electron chi connectivity index (χ4n) is 1.85. The van der Waals surface area contributed by atoms with Crippen molar-refractivity contribution in [2.24, 2.45) is 0 Å². The van der Waals surface area contributed by atoms with Crippen LogP contribution in [0.15, 0.2) is 41.8 Å². The molecule has 2 aromatic heterocycles. The maximum absolute atomic E-state index is 6.21. The second kappa shape index (κ2) is 4.13. The van der Waals surface area contributed by atoms with Gasteiger partial charge < -0.3 is 0 Å². The van der Waals surface area contributed by atoms with Gasteiger partial charge in [0.15, 0.2) is 0 Å². The van der Waals surface area contributed by atoms with E-state index in [4.69, 9.17) is 11.6 Å². The first kappa shape index (κ1) is 10.8. The van der Waals surface area contributed by atoms with E-state index in [0.717, 1.165) is 21.3 Å². The molecule has 0 atom stereocenters. The Bertz CT molecular complexity index is 688. The van der Waals surface area contributed by atoms with Crippen molar-refractivity contribution >= 4 is 33.7 Å². The number of hydrogen-bond acceptors (Lipinski definition) is 2. The summed E-state index contributed by atoms with van der Waals surface area (Å²) in [5.41, 5.74) is 2.21. The first-order chi connectivity index (χ1) is 8.24. The number of pyridine rings is 1. The van der Waals surface area contributed by atoms with Crippen molar-refractivity contribution in [1.82, 2.24) is 4.98 Å². The van der Waals surface area contributed by atoms with Gasteiger partial charge in [0, 0.05) is 5.39 Å². The standard InChI is InChI=1S/C14H10ClNS/c1-9-6-13(17-8-9)12-7-10-4-2-3-5-11(10)14(15)16-12/h2-8H,1H3. The molecule has 2 heterocycles. The van der Waals surface area contributed by atoms with Crippen LogP contribution in [0.2, 0.25) is 5.15 Å². The van der Waals surface area contributed by atoms with Gasteiger partial charge in [-0.1, -0.05) is 35.9 Å². The van der Waals surface area contributed by atoms with Crippen LogP contribution < -0.4 is 0 Å². The van der Waals surface area contributed by atoms with E-state index < -0.39 is 0 Å². The first-order valence-corrected chi connectivity index (χ1v) is 6.60. The molecule has 0 aliphatic rings. The Hall–Kier alpha value is -1.38. The van der Waals surface area contributed by atoms with E-state index in [1.165, 1.54) is 5.56 Å². The Morgan fingerprint density at radius 3 is 2.76 bits per heavy atom. The fourth-order valence-corrected chi connectivity index (χ4v) is 2.97. The summed E-state index contributed by atoms with van der Waals surface area (Å²) in [6.07, 6.45) is 0. The molecule has 0 radical (unpaired) electrons. The van der Waals surface area contributed by atoms with Gasteiger partial charge in [0.25, 0.3) is 0 Å². The maximum Gasteiger partial charge on any atom is 0.137 e. The molecule has 0 aliphatic carbocycles. The van der Waals surface area contributed by atoms with E-state index in [0.29, 0.717) is 5.15 Å². The normalized spacial score (nSPS) is 10.9. The smallest absolute Gasteiger partial charge is 0.137 e. The summed E-state index contributed by atoms with van der Waals surface area (Å²) >= 11 is 7.91. The zero-order chi connectivity index (χ0) is 11.8. The van der Waals surface area contributed by atoms with E-state index in [-0.39, 0.29) is 0 Å². The lowest BCUT2D eigenvalue weighted by Gasteiger charge is -2.03. The van der Waals surface area contributed by atoms with Crippen LogP contribution in [0, 0.1) is 6.92 Å². The predicted octanol–water partition coefficient (Wildman–Crippen LogP) is 4.93. The average Bonchev–Trinajstić information content (AvgIpc) is 2.76. The lowest BCUT2D eigenvalue weighted by Crippen LogP contribution is -1.84. The molecule has 1 nitrogen and oxygen atoms in total. The molecular formula is C14H10ClNS. The van der Waals surface area contributed by atoms with E-state index in [1.54, 1.807) is 11.3 Å². The SMILES string of the molecule is Cc1csc(-c2cc3ccccc3c(Cl)n2)c1. The van der Waals surface area contributed by atoms with E-state index in [1.807, 2.05) is 18.2 Å². The number of benzene rings is 1. The number of rotatable bonds is 1. The van der Waals surface area contributed by atoms with Gasteiger partial charge in [-0.3, -0.25) is 0 Å². The van der Waals surface area contributed by atoms with Crippen LogP contribution in [-0.4, -0.2) is 4.98 Å². The fraction of sp³-hybridized carbons (Fsp3) is 0.0714. The largest absolute Gasteiger partial charge is 0.235 e. The molecule has 17 heavy (non-hydrogen) atoms. The summed E-state index contributed by atoms with van der Waals surface area (Å²) in [4.78, 5) is 5.62. The first-order valence-electron chi connectivity index (χ1n) is 5.35. The molecule has 0 unspecified atom stereocenters. The average molecular weight is 260 g/mol. The van der Waals surface area contributed by atoms with Gasteiger partial charge in [-0.05, 0) is 35.4 Å². The van der Waals surface area contributed by atoms with Crippen molar-refractivity contribution < 1.29 is 0 Å². The zero-order valence-electron chi connectivity index (χ0n) is 9.27. The van der Waals surface area contributed by atoms with Gasteiger partial charge in [0.2, 0.25) is 0 Å². The van der Waals surface area contributed by atoms with E-state index in [2.05, 4.69) is 35.5 Å². The third-order valence-corrected chi connectivity index (χ3v) is 4.04. The van der Waals surface area contributed by atoms with Crippen LogP contribution in [0.25, 0.3) is 21.3 Å². The predicted molar refractivity (Wildman–Crippen MR) is 74.8 cm³/mol. The maximum atomic E-state index is 6.21. The van der Waals surface area contributed by atoms with Crippen molar-refractivity contribution in [2.75, 3.05) is 0 Å². The van der Waals surface area contributed by atoms with Crippen LogP contribution in [0.4, 0.5) is 0 Å². The van der Waals surface area contributed by atoms with Crippen LogP contribution in [-0.2, 0) is 0 Å². The highest BCUT2D eigenvalue weighted by Crippen LogP contribution is 2.30. The minimum atomic E-state index is 0.573. The van der Waals surface area contributed by atoms with Crippen molar-refractivity contribution in [3.8, 4) is 10.6 Å². The van der Waals surface area contributed by atoms with Crippen molar-refractivity contribution in [1.29, 1.82) is 0 Å². The molecule has 3 rings (SSSR count). The number of aromatic nitrogens is 1.